The number of nitrogens with one attached hydrogen (secondary N) is 2. The molecule has 1 spiro atoms. The Morgan fingerprint density at radius 3 is 2.48 bits per heavy atom. The van der Waals surface area contributed by atoms with Crippen LogP contribution in [0.3, 0.4) is 0 Å². The summed E-state index contributed by atoms with van der Waals surface area (Å²) < 4.78 is 0. The monoisotopic (exact) mass is 420 g/mol. The van der Waals surface area contributed by atoms with E-state index in [-0.39, 0.29) is 30.8 Å². The van der Waals surface area contributed by atoms with Crippen LogP contribution in [0.1, 0.15) is 37.7 Å². The molecule has 7 heteroatoms. The van der Waals surface area contributed by atoms with E-state index in [0.29, 0.717) is 25.1 Å². The second-order valence-electron chi connectivity index (χ2n) is 8.33. The molecule has 0 unspecified atom stereocenters. The van der Waals surface area contributed by atoms with Crippen LogP contribution in [0.4, 0.5) is 16.2 Å². The Morgan fingerprint density at radius 1 is 1.06 bits per heavy atom. The molecule has 7 nitrogen and oxygen atoms in total. The standard InChI is InChI=1S/C24H28N4O3/c1-27(17-18-9-3-2-4-10-18)20-12-6-5-11-19(20)25-21(29)13-16-28-22(30)24(26-23(28)31)14-7-8-15-24/h2-6,9-12H,7-8,13-17H2,1H3,(H,25,29)(H,26,31). The number of benzene rings is 2. The molecule has 4 amide bonds. The van der Waals surface area contributed by atoms with Gasteiger partial charge in [-0.15, -0.1) is 0 Å². The maximum atomic E-state index is 12.7. The van der Waals surface area contributed by atoms with Crippen molar-refractivity contribution < 1.29 is 14.4 Å². The molecule has 0 atom stereocenters. The number of carbonyl (C=O) groups is 3. The van der Waals surface area contributed by atoms with Crippen LogP contribution in [0.2, 0.25) is 0 Å². The molecule has 2 aromatic carbocycles. The summed E-state index contributed by atoms with van der Waals surface area (Å²) in [7, 11) is 1.98. The maximum Gasteiger partial charge on any atom is 0.325 e. The maximum absolute atomic E-state index is 12.7. The highest BCUT2D eigenvalue weighted by molar-refractivity contribution is 6.07. The molecule has 0 aromatic heterocycles. The fourth-order valence-electron chi connectivity index (χ4n) is 4.48. The molecule has 2 fully saturated rings. The first-order valence-corrected chi connectivity index (χ1v) is 10.8. The average Bonchev–Trinajstić information content (AvgIpc) is 3.32. The van der Waals surface area contributed by atoms with Crippen LogP contribution in [0.25, 0.3) is 0 Å². The molecule has 2 aromatic rings. The lowest BCUT2D eigenvalue weighted by atomic mass is 9.98. The number of urea groups is 1. The van der Waals surface area contributed by atoms with Crippen molar-refractivity contribution in [1.82, 2.24) is 10.2 Å². The van der Waals surface area contributed by atoms with Crippen LogP contribution in [0, 0.1) is 0 Å². The van der Waals surface area contributed by atoms with Gasteiger partial charge in [0.05, 0.1) is 11.4 Å². The normalized spacial score (nSPS) is 17.1. The van der Waals surface area contributed by atoms with Gasteiger partial charge in [-0.3, -0.25) is 14.5 Å². The molecule has 1 aliphatic carbocycles. The number of imide groups is 1. The third-order valence-corrected chi connectivity index (χ3v) is 6.12. The number of amides is 4. The quantitative estimate of drug-likeness (QED) is 0.672. The van der Waals surface area contributed by atoms with Crippen LogP contribution < -0.4 is 15.5 Å². The minimum Gasteiger partial charge on any atom is -0.369 e. The summed E-state index contributed by atoms with van der Waals surface area (Å²) in [6.45, 7) is 0.790. The van der Waals surface area contributed by atoms with Crippen molar-refractivity contribution in [2.75, 3.05) is 23.8 Å². The summed E-state index contributed by atoms with van der Waals surface area (Å²) in [6, 6.07) is 17.3. The predicted octanol–water partition coefficient (Wildman–Crippen LogP) is 3.52. The van der Waals surface area contributed by atoms with Gasteiger partial charge in [-0.2, -0.15) is 0 Å². The van der Waals surface area contributed by atoms with Crippen molar-refractivity contribution in [3.05, 3.63) is 60.2 Å². The Bertz CT molecular complexity index is 970. The Labute approximate surface area is 182 Å². The minimum absolute atomic E-state index is 0.0615. The second-order valence-corrected chi connectivity index (χ2v) is 8.33. The molecule has 31 heavy (non-hydrogen) atoms. The molecule has 2 N–H and O–H groups in total. The van der Waals surface area contributed by atoms with E-state index in [1.165, 1.54) is 10.5 Å². The Kier molecular flexibility index (Phi) is 5.93. The predicted molar refractivity (Wildman–Crippen MR) is 120 cm³/mol. The zero-order valence-electron chi connectivity index (χ0n) is 17.8. The van der Waals surface area contributed by atoms with Gasteiger partial charge in [0.25, 0.3) is 5.91 Å². The molecule has 162 valence electrons. The van der Waals surface area contributed by atoms with Gasteiger partial charge in [0, 0.05) is 26.6 Å². The van der Waals surface area contributed by atoms with E-state index in [1.807, 2.05) is 49.5 Å². The second kappa shape index (κ2) is 8.79. The van der Waals surface area contributed by atoms with E-state index in [1.54, 1.807) is 0 Å². The van der Waals surface area contributed by atoms with Gasteiger partial charge in [-0.1, -0.05) is 55.3 Å². The molecular weight excluding hydrogens is 392 g/mol. The van der Waals surface area contributed by atoms with Crippen molar-refractivity contribution in [3.63, 3.8) is 0 Å². The van der Waals surface area contributed by atoms with Crippen molar-refractivity contribution in [1.29, 1.82) is 0 Å². The summed E-state index contributed by atoms with van der Waals surface area (Å²) in [5.74, 6) is -0.417. The molecule has 4 rings (SSSR count). The van der Waals surface area contributed by atoms with Crippen molar-refractivity contribution in [2.45, 2.75) is 44.2 Å². The van der Waals surface area contributed by atoms with Crippen LogP contribution in [-0.2, 0) is 16.1 Å². The average molecular weight is 421 g/mol. The van der Waals surface area contributed by atoms with Crippen LogP contribution in [0.5, 0.6) is 0 Å². The Hall–Kier alpha value is -3.35. The van der Waals surface area contributed by atoms with Crippen molar-refractivity contribution in [3.8, 4) is 0 Å². The first-order valence-electron chi connectivity index (χ1n) is 10.8. The van der Waals surface area contributed by atoms with Crippen LogP contribution >= 0.6 is 0 Å². The summed E-state index contributed by atoms with van der Waals surface area (Å²) >= 11 is 0. The highest BCUT2D eigenvalue weighted by atomic mass is 16.2. The summed E-state index contributed by atoms with van der Waals surface area (Å²) in [6.07, 6.45) is 3.30. The number of hydrogen-bond donors (Lipinski definition) is 2. The third-order valence-electron chi connectivity index (χ3n) is 6.12. The van der Waals surface area contributed by atoms with E-state index in [0.717, 1.165) is 18.5 Å². The van der Waals surface area contributed by atoms with Gasteiger partial charge in [-0.05, 0) is 30.5 Å². The minimum atomic E-state index is -0.736. The van der Waals surface area contributed by atoms with E-state index in [4.69, 9.17) is 0 Å². The van der Waals surface area contributed by atoms with E-state index < -0.39 is 5.54 Å². The molecule has 0 bridgehead atoms. The number of hydrogen-bond acceptors (Lipinski definition) is 4. The SMILES string of the molecule is CN(Cc1ccccc1)c1ccccc1NC(=O)CCN1C(=O)NC2(CCCC2)C1=O. The molecule has 1 saturated heterocycles. The zero-order chi connectivity index (χ0) is 21.8. The lowest BCUT2D eigenvalue weighted by Gasteiger charge is -2.23. The molecule has 1 saturated carbocycles. The van der Waals surface area contributed by atoms with E-state index in [9.17, 15) is 14.4 Å². The first-order chi connectivity index (χ1) is 15.0. The zero-order valence-corrected chi connectivity index (χ0v) is 17.8. The molecule has 1 aliphatic heterocycles. The van der Waals surface area contributed by atoms with Gasteiger partial charge in [0.15, 0.2) is 0 Å². The van der Waals surface area contributed by atoms with E-state index in [2.05, 4.69) is 27.7 Å². The number of para-hydroxylation sites is 2. The fraction of sp³-hybridized carbons (Fsp3) is 0.375. The van der Waals surface area contributed by atoms with Crippen molar-refractivity contribution in [2.24, 2.45) is 0 Å². The van der Waals surface area contributed by atoms with Crippen LogP contribution in [0.15, 0.2) is 54.6 Å². The molecular formula is C24H28N4O3. The molecule has 2 aliphatic rings. The summed E-state index contributed by atoms with van der Waals surface area (Å²) in [5, 5.41) is 5.79. The number of rotatable bonds is 7. The lowest BCUT2D eigenvalue weighted by molar-refractivity contribution is -0.131. The number of carbonyl (C=O) groups excluding carboxylic acids is 3. The van der Waals surface area contributed by atoms with Gasteiger partial charge in [0.1, 0.15) is 5.54 Å². The van der Waals surface area contributed by atoms with Crippen molar-refractivity contribution >= 4 is 29.2 Å². The summed E-state index contributed by atoms with van der Waals surface area (Å²) in [4.78, 5) is 40.9. The van der Waals surface area contributed by atoms with Crippen LogP contribution in [-0.4, -0.2) is 41.9 Å². The molecule has 0 radical (unpaired) electrons. The highest BCUT2D eigenvalue weighted by Crippen LogP contribution is 2.35. The van der Waals surface area contributed by atoms with Gasteiger partial charge in [0.2, 0.25) is 5.91 Å². The lowest BCUT2D eigenvalue weighted by Crippen LogP contribution is -2.44. The molecule has 1 heterocycles. The van der Waals surface area contributed by atoms with E-state index >= 15 is 0 Å². The highest BCUT2D eigenvalue weighted by Gasteiger charge is 2.52. The topological polar surface area (TPSA) is 81.8 Å². The Morgan fingerprint density at radius 2 is 1.74 bits per heavy atom. The van der Waals surface area contributed by atoms with Gasteiger partial charge in [-0.25, -0.2) is 4.79 Å². The number of anilines is 2. The smallest absolute Gasteiger partial charge is 0.325 e. The van der Waals surface area contributed by atoms with Gasteiger partial charge >= 0.3 is 6.03 Å². The summed E-state index contributed by atoms with van der Waals surface area (Å²) in [5.41, 5.74) is 2.04. The van der Waals surface area contributed by atoms with Gasteiger partial charge < -0.3 is 15.5 Å². The first kappa shape index (κ1) is 20.9. The Balaban J connectivity index is 1.37. The largest absolute Gasteiger partial charge is 0.369 e. The fourth-order valence-corrected chi connectivity index (χ4v) is 4.48. The third kappa shape index (κ3) is 4.40. The number of nitrogens with zero attached hydrogens (tertiary/aromatic N) is 2.